The molecule has 2 heterocycles. The van der Waals surface area contributed by atoms with Crippen molar-refractivity contribution in [2.75, 3.05) is 44.2 Å². The fourth-order valence-electron chi connectivity index (χ4n) is 3.31. The first-order valence-corrected chi connectivity index (χ1v) is 9.56. The number of carbonyl (C=O) groups excluding carboxylic acids is 2. The highest BCUT2D eigenvalue weighted by atomic mass is 19.1. The van der Waals surface area contributed by atoms with Gasteiger partial charge in [0.05, 0.1) is 0 Å². The molecule has 3 rings (SSSR count). The van der Waals surface area contributed by atoms with Crippen molar-refractivity contribution in [1.82, 2.24) is 14.8 Å². The molecular weight excluding hydrogens is 359 g/mol. The van der Waals surface area contributed by atoms with Gasteiger partial charge in [-0.15, -0.1) is 0 Å². The molecule has 1 aromatic carbocycles. The maximum atomic E-state index is 13.1. The van der Waals surface area contributed by atoms with Gasteiger partial charge in [-0.05, 0) is 55.3 Å². The molecule has 1 fully saturated rings. The maximum Gasteiger partial charge on any atom is 0.312 e. The number of amides is 2. The highest BCUT2D eigenvalue weighted by molar-refractivity contribution is 6.34. The molecule has 148 valence electrons. The molecule has 1 aliphatic heterocycles. The summed E-state index contributed by atoms with van der Waals surface area (Å²) in [6.45, 7) is 5.06. The number of anilines is 1. The van der Waals surface area contributed by atoms with Crippen molar-refractivity contribution in [3.8, 4) is 0 Å². The Bertz CT molecular complexity index is 790. The van der Waals surface area contributed by atoms with Crippen LogP contribution in [0.5, 0.6) is 0 Å². The molecule has 6 nitrogen and oxygen atoms in total. The SMILES string of the molecule is CCN(CCc1ccncc1)C(=O)C(=O)N1CCN(c2ccc(F)cc2)CC1. The third-order valence-electron chi connectivity index (χ3n) is 5.03. The number of aromatic nitrogens is 1. The molecule has 1 aromatic heterocycles. The van der Waals surface area contributed by atoms with Crippen LogP contribution in [0.1, 0.15) is 12.5 Å². The van der Waals surface area contributed by atoms with Gasteiger partial charge < -0.3 is 14.7 Å². The molecule has 0 unspecified atom stereocenters. The summed E-state index contributed by atoms with van der Waals surface area (Å²) in [5.41, 5.74) is 2.01. The predicted molar refractivity (Wildman–Crippen MR) is 105 cm³/mol. The minimum absolute atomic E-state index is 0.269. The number of hydrogen-bond donors (Lipinski definition) is 0. The first-order valence-electron chi connectivity index (χ1n) is 9.56. The van der Waals surface area contributed by atoms with E-state index in [1.807, 2.05) is 19.1 Å². The number of piperazine rings is 1. The van der Waals surface area contributed by atoms with Gasteiger partial charge in [0.1, 0.15) is 5.82 Å². The monoisotopic (exact) mass is 384 g/mol. The second-order valence-corrected chi connectivity index (χ2v) is 6.75. The third kappa shape index (κ3) is 4.85. The zero-order chi connectivity index (χ0) is 19.9. The topological polar surface area (TPSA) is 56.8 Å². The van der Waals surface area contributed by atoms with Crippen molar-refractivity contribution in [3.05, 3.63) is 60.2 Å². The molecular formula is C21H25FN4O2. The molecule has 28 heavy (non-hydrogen) atoms. The van der Waals surface area contributed by atoms with Crippen molar-refractivity contribution in [1.29, 1.82) is 0 Å². The maximum absolute atomic E-state index is 13.1. The van der Waals surface area contributed by atoms with Crippen molar-refractivity contribution < 1.29 is 14.0 Å². The molecule has 0 aliphatic carbocycles. The Kier molecular flexibility index (Phi) is 6.57. The van der Waals surface area contributed by atoms with E-state index in [0.29, 0.717) is 45.7 Å². The molecule has 0 radical (unpaired) electrons. The lowest BCUT2D eigenvalue weighted by Gasteiger charge is -2.36. The van der Waals surface area contributed by atoms with E-state index in [4.69, 9.17) is 0 Å². The van der Waals surface area contributed by atoms with E-state index in [-0.39, 0.29) is 5.82 Å². The minimum atomic E-state index is -0.452. The molecule has 0 N–H and O–H groups in total. The number of nitrogens with zero attached hydrogens (tertiary/aromatic N) is 4. The molecule has 0 saturated carbocycles. The van der Waals surface area contributed by atoms with Crippen molar-refractivity contribution in [2.24, 2.45) is 0 Å². The Morgan fingerprint density at radius 2 is 1.68 bits per heavy atom. The quantitative estimate of drug-likeness (QED) is 0.740. The van der Waals surface area contributed by atoms with E-state index in [2.05, 4.69) is 9.88 Å². The fourth-order valence-corrected chi connectivity index (χ4v) is 3.31. The Hall–Kier alpha value is -2.96. The van der Waals surface area contributed by atoms with Crippen LogP contribution in [0.15, 0.2) is 48.8 Å². The summed E-state index contributed by atoms with van der Waals surface area (Å²) in [4.78, 5) is 34.6. The van der Waals surface area contributed by atoms with Gasteiger partial charge in [-0.2, -0.15) is 0 Å². The van der Waals surface area contributed by atoms with Crippen LogP contribution in [-0.2, 0) is 16.0 Å². The van der Waals surface area contributed by atoms with Gasteiger partial charge in [0.15, 0.2) is 0 Å². The summed E-state index contributed by atoms with van der Waals surface area (Å²) in [6.07, 6.45) is 4.13. The second kappa shape index (κ2) is 9.30. The van der Waals surface area contributed by atoms with Gasteiger partial charge in [-0.25, -0.2) is 4.39 Å². The van der Waals surface area contributed by atoms with Gasteiger partial charge in [0.2, 0.25) is 0 Å². The highest BCUT2D eigenvalue weighted by Gasteiger charge is 2.29. The van der Waals surface area contributed by atoms with Crippen molar-refractivity contribution in [3.63, 3.8) is 0 Å². The number of benzene rings is 1. The van der Waals surface area contributed by atoms with Crippen LogP contribution >= 0.6 is 0 Å². The van der Waals surface area contributed by atoms with Crippen molar-refractivity contribution >= 4 is 17.5 Å². The van der Waals surface area contributed by atoms with E-state index in [1.165, 1.54) is 12.1 Å². The molecule has 1 saturated heterocycles. The minimum Gasteiger partial charge on any atom is -0.368 e. The van der Waals surface area contributed by atoms with Crippen LogP contribution in [0.2, 0.25) is 0 Å². The highest BCUT2D eigenvalue weighted by Crippen LogP contribution is 2.17. The summed E-state index contributed by atoms with van der Waals surface area (Å²) in [5, 5.41) is 0. The zero-order valence-electron chi connectivity index (χ0n) is 16.1. The lowest BCUT2D eigenvalue weighted by molar-refractivity contribution is -0.151. The number of halogens is 1. The Morgan fingerprint density at radius 3 is 2.29 bits per heavy atom. The smallest absolute Gasteiger partial charge is 0.312 e. The number of likely N-dealkylation sites (N-methyl/N-ethyl adjacent to an activating group) is 1. The van der Waals surface area contributed by atoms with Crippen LogP contribution in [0.3, 0.4) is 0 Å². The predicted octanol–water partition coefficient (Wildman–Crippen LogP) is 1.96. The number of carbonyl (C=O) groups is 2. The van der Waals surface area contributed by atoms with E-state index >= 15 is 0 Å². The zero-order valence-corrected chi connectivity index (χ0v) is 16.1. The standard InChI is InChI=1S/C21H25FN4O2/c1-2-24(12-9-17-7-10-23-11-8-17)20(27)21(28)26-15-13-25(14-16-26)19-5-3-18(22)4-6-19/h3-8,10-11H,2,9,12-16H2,1H3. The Balaban J connectivity index is 1.52. The average Bonchev–Trinajstić information content (AvgIpc) is 2.75. The largest absolute Gasteiger partial charge is 0.368 e. The third-order valence-corrected chi connectivity index (χ3v) is 5.03. The van der Waals surface area contributed by atoms with Crippen LogP contribution in [0.25, 0.3) is 0 Å². The molecule has 0 spiro atoms. The van der Waals surface area contributed by atoms with Gasteiger partial charge in [0.25, 0.3) is 0 Å². The lowest BCUT2D eigenvalue weighted by Crippen LogP contribution is -2.53. The molecule has 2 amide bonds. The number of pyridine rings is 1. The normalized spacial score (nSPS) is 14.1. The summed E-state index contributed by atoms with van der Waals surface area (Å²) < 4.78 is 13.1. The van der Waals surface area contributed by atoms with Crippen LogP contribution in [0, 0.1) is 5.82 Å². The van der Waals surface area contributed by atoms with Crippen LogP contribution in [-0.4, -0.2) is 65.9 Å². The molecule has 7 heteroatoms. The summed E-state index contributed by atoms with van der Waals surface area (Å²) >= 11 is 0. The van der Waals surface area contributed by atoms with Crippen LogP contribution < -0.4 is 4.90 Å². The molecule has 1 aliphatic rings. The average molecular weight is 384 g/mol. The van der Waals surface area contributed by atoms with E-state index < -0.39 is 11.8 Å². The molecule has 0 bridgehead atoms. The van der Waals surface area contributed by atoms with Gasteiger partial charge >= 0.3 is 11.8 Å². The van der Waals surface area contributed by atoms with E-state index in [1.54, 1.807) is 34.3 Å². The van der Waals surface area contributed by atoms with E-state index in [9.17, 15) is 14.0 Å². The Labute approximate surface area is 164 Å². The van der Waals surface area contributed by atoms with E-state index in [0.717, 1.165) is 11.3 Å². The fraction of sp³-hybridized carbons (Fsp3) is 0.381. The van der Waals surface area contributed by atoms with Gasteiger partial charge in [-0.1, -0.05) is 0 Å². The first-order chi connectivity index (χ1) is 13.6. The van der Waals surface area contributed by atoms with Gasteiger partial charge in [-0.3, -0.25) is 14.6 Å². The molecule has 0 atom stereocenters. The Morgan fingerprint density at radius 1 is 1.04 bits per heavy atom. The summed E-state index contributed by atoms with van der Waals surface area (Å²) in [5.74, 6) is -1.17. The molecule has 2 aromatic rings. The number of rotatable bonds is 5. The number of hydrogen-bond acceptors (Lipinski definition) is 4. The lowest BCUT2D eigenvalue weighted by atomic mass is 10.2. The first kappa shape index (κ1) is 19.8. The second-order valence-electron chi connectivity index (χ2n) is 6.75. The summed E-state index contributed by atoms with van der Waals surface area (Å²) in [7, 11) is 0. The summed E-state index contributed by atoms with van der Waals surface area (Å²) in [6, 6.07) is 10.1. The van der Waals surface area contributed by atoms with Crippen LogP contribution in [0.4, 0.5) is 10.1 Å². The van der Waals surface area contributed by atoms with Gasteiger partial charge in [0, 0.05) is 57.3 Å². The van der Waals surface area contributed by atoms with Crippen molar-refractivity contribution in [2.45, 2.75) is 13.3 Å².